The lowest BCUT2D eigenvalue weighted by molar-refractivity contribution is -0.149. The zero-order valence-corrected chi connectivity index (χ0v) is 15.3. The zero-order valence-electron chi connectivity index (χ0n) is 14.6. The summed E-state index contributed by atoms with van der Waals surface area (Å²) >= 11 is 6.34. The van der Waals surface area contributed by atoms with Gasteiger partial charge >= 0.3 is 5.97 Å². The third-order valence-electron chi connectivity index (χ3n) is 4.62. The Bertz CT molecular complexity index is 699. The summed E-state index contributed by atoms with van der Waals surface area (Å²) in [7, 11) is 0. The fourth-order valence-electron chi connectivity index (χ4n) is 2.73. The highest BCUT2D eigenvalue weighted by Gasteiger charge is 2.34. The van der Waals surface area contributed by atoms with Crippen LogP contribution in [-0.4, -0.2) is 17.6 Å². The first kappa shape index (κ1) is 19.3. The van der Waals surface area contributed by atoms with Crippen LogP contribution in [0.15, 0.2) is 48.5 Å². The second-order valence-electron chi connectivity index (χ2n) is 6.03. The summed E-state index contributed by atoms with van der Waals surface area (Å²) in [6.07, 6.45) is 1.14. The van der Waals surface area contributed by atoms with E-state index in [-0.39, 0.29) is 0 Å². The van der Waals surface area contributed by atoms with Crippen molar-refractivity contribution in [1.29, 1.82) is 0 Å². The van der Waals surface area contributed by atoms with E-state index in [1.165, 1.54) is 0 Å². The van der Waals surface area contributed by atoms with Gasteiger partial charge in [-0.15, -0.1) is 0 Å². The molecule has 0 aliphatic carbocycles. The Hall–Kier alpha value is -2.04. The molecule has 0 saturated heterocycles. The topological polar surface area (TPSA) is 58.6 Å². The van der Waals surface area contributed by atoms with Crippen LogP contribution in [0.2, 0.25) is 5.02 Å². The lowest BCUT2D eigenvalue weighted by Crippen LogP contribution is -2.40. The molecule has 0 unspecified atom stereocenters. The van der Waals surface area contributed by atoms with Crippen molar-refractivity contribution in [2.75, 3.05) is 6.54 Å². The number of carboxylic acids is 1. The van der Waals surface area contributed by atoms with E-state index < -0.39 is 11.4 Å². The van der Waals surface area contributed by atoms with E-state index in [0.29, 0.717) is 36.7 Å². The minimum absolute atomic E-state index is 0.380. The highest BCUT2D eigenvalue weighted by Crippen LogP contribution is 2.31. The van der Waals surface area contributed by atoms with Gasteiger partial charge in [-0.25, -0.2) is 0 Å². The Kier molecular flexibility index (Phi) is 6.85. The standard InChI is InChI=1S/C20H24ClNO3/c1-3-20(4-2,19(23)24)14-22-13-16-17(21)11-8-12-18(16)25-15-9-6-5-7-10-15/h5-12,22H,3-4,13-14H2,1-2H3,(H,23,24). The first-order valence-electron chi connectivity index (χ1n) is 8.47. The van der Waals surface area contributed by atoms with E-state index in [2.05, 4.69) is 5.32 Å². The Morgan fingerprint density at radius 3 is 2.40 bits per heavy atom. The Balaban J connectivity index is 2.13. The molecule has 2 aromatic rings. The van der Waals surface area contributed by atoms with E-state index in [0.717, 1.165) is 11.3 Å². The quantitative estimate of drug-likeness (QED) is 0.651. The molecule has 0 saturated carbocycles. The van der Waals surface area contributed by atoms with Crippen LogP contribution >= 0.6 is 11.6 Å². The highest BCUT2D eigenvalue weighted by molar-refractivity contribution is 6.31. The van der Waals surface area contributed by atoms with E-state index in [1.807, 2.05) is 56.3 Å². The van der Waals surface area contributed by atoms with Crippen LogP contribution in [-0.2, 0) is 11.3 Å². The second-order valence-corrected chi connectivity index (χ2v) is 6.43. The number of rotatable bonds is 9. The number of ether oxygens (including phenoxy) is 1. The van der Waals surface area contributed by atoms with Gasteiger partial charge in [0.15, 0.2) is 0 Å². The average Bonchev–Trinajstić information content (AvgIpc) is 2.62. The molecule has 134 valence electrons. The van der Waals surface area contributed by atoms with Gasteiger partial charge in [-0.1, -0.05) is 49.7 Å². The largest absolute Gasteiger partial charge is 0.481 e. The Labute approximate surface area is 153 Å². The number of benzene rings is 2. The number of carboxylic acid groups (broad SMARTS) is 1. The van der Waals surface area contributed by atoms with Gasteiger partial charge in [-0.2, -0.15) is 0 Å². The highest BCUT2D eigenvalue weighted by atomic mass is 35.5. The Morgan fingerprint density at radius 1 is 1.12 bits per heavy atom. The van der Waals surface area contributed by atoms with Gasteiger partial charge in [-0.05, 0) is 37.1 Å². The zero-order chi connectivity index (χ0) is 18.3. The van der Waals surface area contributed by atoms with E-state index in [1.54, 1.807) is 6.07 Å². The number of carbonyl (C=O) groups is 1. The lowest BCUT2D eigenvalue weighted by atomic mass is 9.82. The van der Waals surface area contributed by atoms with Crippen molar-refractivity contribution in [2.45, 2.75) is 33.2 Å². The molecule has 4 nitrogen and oxygen atoms in total. The van der Waals surface area contributed by atoms with Gasteiger partial charge in [0.2, 0.25) is 0 Å². The van der Waals surface area contributed by atoms with Crippen molar-refractivity contribution in [2.24, 2.45) is 5.41 Å². The maximum absolute atomic E-state index is 11.6. The van der Waals surface area contributed by atoms with Gasteiger partial charge in [0, 0.05) is 23.7 Å². The molecule has 0 aliphatic heterocycles. The SMILES string of the molecule is CCC(CC)(CNCc1c(Cl)cccc1Oc1ccccc1)C(=O)O. The van der Waals surface area contributed by atoms with Gasteiger partial charge in [0.1, 0.15) is 11.5 Å². The molecule has 2 rings (SSSR count). The van der Waals surface area contributed by atoms with Crippen LogP contribution in [0.1, 0.15) is 32.3 Å². The molecule has 2 aromatic carbocycles. The van der Waals surface area contributed by atoms with Gasteiger partial charge in [0.05, 0.1) is 5.41 Å². The molecule has 25 heavy (non-hydrogen) atoms. The van der Waals surface area contributed by atoms with Crippen molar-refractivity contribution in [3.8, 4) is 11.5 Å². The summed E-state index contributed by atoms with van der Waals surface area (Å²) in [4.78, 5) is 11.6. The third-order valence-corrected chi connectivity index (χ3v) is 4.97. The van der Waals surface area contributed by atoms with Crippen LogP contribution < -0.4 is 10.1 Å². The van der Waals surface area contributed by atoms with Crippen LogP contribution in [0, 0.1) is 5.41 Å². The second kappa shape index (κ2) is 8.88. The van der Waals surface area contributed by atoms with Crippen LogP contribution in [0.5, 0.6) is 11.5 Å². The summed E-state index contributed by atoms with van der Waals surface area (Å²) in [6, 6.07) is 15.0. The molecular weight excluding hydrogens is 338 g/mol. The molecule has 0 spiro atoms. The van der Waals surface area contributed by atoms with Crippen molar-refractivity contribution >= 4 is 17.6 Å². The minimum atomic E-state index is -0.773. The molecule has 0 radical (unpaired) electrons. The smallest absolute Gasteiger partial charge is 0.310 e. The summed E-state index contributed by atoms with van der Waals surface area (Å²) in [5.74, 6) is 0.623. The molecule has 0 aliphatic rings. The summed E-state index contributed by atoms with van der Waals surface area (Å²) in [6.45, 7) is 4.62. The number of aliphatic carboxylic acids is 1. The number of para-hydroxylation sites is 1. The van der Waals surface area contributed by atoms with Crippen LogP contribution in [0.4, 0.5) is 0 Å². The first-order valence-corrected chi connectivity index (χ1v) is 8.84. The third kappa shape index (κ3) is 4.74. The predicted molar refractivity (Wildman–Crippen MR) is 100 cm³/mol. The van der Waals surface area contributed by atoms with E-state index in [9.17, 15) is 9.90 Å². The molecule has 2 N–H and O–H groups in total. The first-order chi connectivity index (χ1) is 12.0. The summed E-state index contributed by atoms with van der Waals surface area (Å²) in [5, 5.41) is 13.4. The number of halogens is 1. The summed E-state index contributed by atoms with van der Waals surface area (Å²) in [5.41, 5.74) is 0.0568. The van der Waals surface area contributed by atoms with E-state index >= 15 is 0 Å². The summed E-state index contributed by atoms with van der Waals surface area (Å²) < 4.78 is 5.93. The van der Waals surface area contributed by atoms with Crippen molar-refractivity contribution in [1.82, 2.24) is 5.32 Å². The number of hydrogen-bond donors (Lipinski definition) is 2. The molecule has 5 heteroatoms. The van der Waals surface area contributed by atoms with Crippen LogP contribution in [0.3, 0.4) is 0 Å². The fourth-order valence-corrected chi connectivity index (χ4v) is 2.96. The maximum Gasteiger partial charge on any atom is 0.310 e. The maximum atomic E-state index is 11.6. The number of nitrogens with one attached hydrogen (secondary N) is 1. The van der Waals surface area contributed by atoms with E-state index in [4.69, 9.17) is 16.3 Å². The molecular formula is C20H24ClNO3. The molecule has 0 aromatic heterocycles. The van der Waals surface area contributed by atoms with Crippen molar-refractivity contribution < 1.29 is 14.6 Å². The van der Waals surface area contributed by atoms with Gasteiger partial charge in [-0.3, -0.25) is 4.79 Å². The number of hydrogen-bond acceptors (Lipinski definition) is 3. The molecule has 0 amide bonds. The lowest BCUT2D eigenvalue weighted by Gasteiger charge is -2.27. The Morgan fingerprint density at radius 2 is 1.80 bits per heavy atom. The normalized spacial score (nSPS) is 11.3. The van der Waals surface area contributed by atoms with Crippen molar-refractivity contribution in [3.63, 3.8) is 0 Å². The molecule has 0 bridgehead atoms. The molecule has 0 heterocycles. The average molecular weight is 362 g/mol. The van der Waals surface area contributed by atoms with Gasteiger partial charge in [0.25, 0.3) is 0 Å². The molecule has 0 atom stereocenters. The fraction of sp³-hybridized carbons (Fsp3) is 0.350. The monoisotopic (exact) mass is 361 g/mol. The van der Waals surface area contributed by atoms with Gasteiger partial charge < -0.3 is 15.2 Å². The molecule has 0 fully saturated rings. The van der Waals surface area contributed by atoms with Crippen LogP contribution in [0.25, 0.3) is 0 Å². The minimum Gasteiger partial charge on any atom is -0.481 e. The predicted octanol–water partition coefficient (Wildman–Crippen LogP) is 5.11. The van der Waals surface area contributed by atoms with Crippen molar-refractivity contribution in [3.05, 3.63) is 59.1 Å².